The SMILES string of the molecule is C[N+](CCN)(CCN)CCCC(N)C(=O)N[C@@H](Cc1ccc(C(F)(F)F)cc1)C(=O)Nc1ccc(F)c(F)c1F. The van der Waals surface area contributed by atoms with E-state index < -0.39 is 58.8 Å². The van der Waals surface area contributed by atoms with Gasteiger partial charge in [-0.2, -0.15) is 13.2 Å². The molecule has 2 atom stereocenters. The number of hydrogen-bond donors (Lipinski definition) is 5. The number of amides is 2. The van der Waals surface area contributed by atoms with Gasteiger partial charge in [-0.05, 0) is 42.7 Å². The first-order valence-corrected chi connectivity index (χ1v) is 12.6. The molecule has 2 aromatic carbocycles. The third-order valence-electron chi connectivity index (χ3n) is 6.53. The van der Waals surface area contributed by atoms with Gasteiger partial charge >= 0.3 is 6.18 Å². The van der Waals surface area contributed by atoms with Crippen molar-refractivity contribution in [3.05, 3.63) is 65.0 Å². The van der Waals surface area contributed by atoms with Crippen molar-refractivity contribution in [2.75, 3.05) is 45.1 Å². The number of carbonyl (C=O) groups excluding carboxylic acids is 2. The van der Waals surface area contributed by atoms with E-state index in [4.69, 9.17) is 17.2 Å². The van der Waals surface area contributed by atoms with Crippen LogP contribution in [0.2, 0.25) is 0 Å². The van der Waals surface area contributed by atoms with Crippen molar-refractivity contribution in [2.45, 2.75) is 37.5 Å². The highest BCUT2D eigenvalue weighted by Crippen LogP contribution is 2.29. The number of alkyl halides is 3. The lowest BCUT2D eigenvalue weighted by Gasteiger charge is -2.34. The lowest BCUT2D eigenvalue weighted by atomic mass is 10.0. The van der Waals surface area contributed by atoms with E-state index in [1.807, 2.05) is 7.05 Å². The molecule has 0 bridgehead atoms. The summed E-state index contributed by atoms with van der Waals surface area (Å²) in [5, 5.41) is 4.53. The summed E-state index contributed by atoms with van der Waals surface area (Å²) in [6.45, 7) is 2.88. The minimum absolute atomic E-state index is 0.237. The van der Waals surface area contributed by atoms with E-state index in [1.165, 1.54) is 0 Å². The van der Waals surface area contributed by atoms with Crippen molar-refractivity contribution >= 4 is 17.5 Å². The molecule has 0 saturated heterocycles. The average molecular weight is 578 g/mol. The standard InChI is InChI=1S/C26H34F6N6O2/c1-38(13-10-33,14-11-34)12-2-3-19(35)24(39)37-21(15-16-4-6-17(7-5-16)26(30,31)32)25(40)36-20-9-8-18(27)22(28)23(20)29/h4-9,19,21H,2-3,10-15,33-35H2,1H3,(H-,36,37,39,40)/p+1/t19?,21-/m0/s1. The Balaban J connectivity index is 2.17. The zero-order valence-corrected chi connectivity index (χ0v) is 22.0. The van der Waals surface area contributed by atoms with Crippen LogP contribution in [0, 0.1) is 17.5 Å². The van der Waals surface area contributed by atoms with Gasteiger partial charge in [-0.25, -0.2) is 13.2 Å². The number of nitrogens with one attached hydrogen (secondary N) is 2. The quantitative estimate of drug-likeness (QED) is 0.133. The molecule has 1 unspecified atom stereocenters. The Kier molecular flexibility index (Phi) is 11.9. The number of quaternary nitrogens is 1. The highest BCUT2D eigenvalue weighted by Gasteiger charge is 2.31. The van der Waals surface area contributed by atoms with Gasteiger partial charge in [0, 0.05) is 19.5 Å². The smallest absolute Gasteiger partial charge is 0.343 e. The number of likely N-dealkylation sites (N-methyl/N-ethyl adjacent to an activating group) is 1. The summed E-state index contributed by atoms with van der Waals surface area (Å²) in [6.07, 6.45) is -4.11. The van der Waals surface area contributed by atoms with Gasteiger partial charge in [0.2, 0.25) is 11.8 Å². The molecule has 40 heavy (non-hydrogen) atoms. The minimum Gasteiger partial charge on any atom is -0.343 e. The first kappa shape index (κ1) is 33.0. The van der Waals surface area contributed by atoms with E-state index in [1.54, 1.807) is 0 Å². The molecule has 0 spiro atoms. The van der Waals surface area contributed by atoms with E-state index in [2.05, 4.69) is 10.6 Å². The molecule has 0 aromatic heterocycles. The van der Waals surface area contributed by atoms with Crippen molar-refractivity contribution in [3.8, 4) is 0 Å². The van der Waals surface area contributed by atoms with Gasteiger partial charge < -0.3 is 32.3 Å². The lowest BCUT2D eigenvalue weighted by molar-refractivity contribution is -0.907. The number of nitrogens with two attached hydrogens (primary N) is 3. The summed E-state index contributed by atoms with van der Waals surface area (Å²) >= 11 is 0. The van der Waals surface area contributed by atoms with Gasteiger partial charge in [0.05, 0.1) is 44.0 Å². The van der Waals surface area contributed by atoms with Gasteiger partial charge in [-0.3, -0.25) is 9.59 Å². The van der Waals surface area contributed by atoms with Gasteiger partial charge in [0.25, 0.3) is 0 Å². The Labute approximate surface area is 228 Å². The molecule has 2 aromatic rings. The Morgan fingerprint density at radius 1 is 0.900 bits per heavy atom. The van der Waals surface area contributed by atoms with Crippen molar-refractivity contribution in [1.82, 2.24) is 5.32 Å². The maximum absolute atomic E-state index is 14.1. The van der Waals surface area contributed by atoms with E-state index in [9.17, 15) is 35.9 Å². The molecule has 0 saturated carbocycles. The molecule has 0 aliphatic rings. The van der Waals surface area contributed by atoms with Crippen LogP contribution >= 0.6 is 0 Å². The van der Waals surface area contributed by atoms with Crippen LogP contribution in [0.25, 0.3) is 0 Å². The monoisotopic (exact) mass is 577 g/mol. The predicted octanol–water partition coefficient (Wildman–Crippen LogP) is 2.26. The van der Waals surface area contributed by atoms with Crippen LogP contribution in [-0.2, 0) is 22.2 Å². The zero-order chi connectivity index (χ0) is 30.1. The molecule has 0 fully saturated rings. The first-order valence-electron chi connectivity index (χ1n) is 12.6. The summed E-state index contributed by atoms with van der Waals surface area (Å²) in [4.78, 5) is 25.8. The van der Waals surface area contributed by atoms with Crippen LogP contribution in [-0.4, -0.2) is 68.2 Å². The Hall–Kier alpha value is -3.20. The highest BCUT2D eigenvalue weighted by atomic mass is 19.4. The lowest BCUT2D eigenvalue weighted by Crippen LogP contribution is -2.52. The molecule has 222 valence electrons. The molecule has 0 aliphatic heterocycles. The van der Waals surface area contributed by atoms with E-state index >= 15 is 0 Å². The summed E-state index contributed by atoms with van der Waals surface area (Å²) in [6, 6.07) is 2.80. The number of carbonyl (C=O) groups is 2. The third-order valence-corrected chi connectivity index (χ3v) is 6.53. The molecule has 8 nitrogen and oxygen atoms in total. The fourth-order valence-corrected chi connectivity index (χ4v) is 4.18. The van der Waals surface area contributed by atoms with Gasteiger partial charge in [0.1, 0.15) is 6.04 Å². The second-order valence-corrected chi connectivity index (χ2v) is 9.79. The van der Waals surface area contributed by atoms with Crippen LogP contribution in [0.3, 0.4) is 0 Å². The van der Waals surface area contributed by atoms with Crippen LogP contribution in [0.4, 0.5) is 32.0 Å². The average Bonchev–Trinajstić information content (AvgIpc) is 2.88. The van der Waals surface area contributed by atoms with Crippen LogP contribution < -0.4 is 27.8 Å². The Morgan fingerprint density at radius 3 is 2.05 bits per heavy atom. The van der Waals surface area contributed by atoms with E-state index in [0.717, 1.165) is 30.3 Å². The molecular formula is C26H35F6N6O2+. The molecule has 0 aliphatic carbocycles. The third kappa shape index (κ3) is 9.47. The van der Waals surface area contributed by atoms with Gasteiger partial charge in [0.15, 0.2) is 17.5 Å². The first-order chi connectivity index (χ1) is 18.7. The molecule has 2 rings (SSSR count). The van der Waals surface area contributed by atoms with Crippen molar-refractivity contribution in [3.63, 3.8) is 0 Å². The number of nitrogens with zero attached hydrogens (tertiary/aromatic N) is 1. The second kappa shape index (κ2) is 14.4. The Morgan fingerprint density at radius 2 is 1.50 bits per heavy atom. The summed E-state index contributed by atoms with van der Waals surface area (Å²) in [7, 11) is 1.98. The fraction of sp³-hybridized carbons (Fsp3) is 0.462. The second-order valence-electron chi connectivity index (χ2n) is 9.79. The molecule has 8 N–H and O–H groups in total. The number of halogens is 6. The topological polar surface area (TPSA) is 136 Å². The van der Waals surface area contributed by atoms with Crippen molar-refractivity contribution in [2.24, 2.45) is 17.2 Å². The van der Waals surface area contributed by atoms with Crippen molar-refractivity contribution < 1.29 is 40.4 Å². The van der Waals surface area contributed by atoms with Gasteiger partial charge in [-0.15, -0.1) is 0 Å². The maximum atomic E-state index is 14.1. The fourth-order valence-electron chi connectivity index (χ4n) is 4.18. The van der Waals surface area contributed by atoms with E-state index in [-0.39, 0.29) is 18.4 Å². The van der Waals surface area contributed by atoms with Crippen molar-refractivity contribution in [1.29, 1.82) is 0 Å². The van der Waals surface area contributed by atoms with Crippen LogP contribution in [0.15, 0.2) is 36.4 Å². The zero-order valence-electron chi connectivity index (χ0n) is 22.0. The molecule has 0 radical (unpaired) electrons. The Bertz CT molecular complexity index is 1140. The number of anilines is 1. The summed E-state index contributed by atoms with van der Waals surface area (Å²) < 4.78 is 80.5. The van der Waals surface area contributed by atoms with Crippen LogP contribution in [0.1, 0.15) is 24.0 Å². The van der Waals surface area contributed by atoms with E-state index in [0.29, 0.717) is 49.7 Å². The number of benzene rings is 2. The predicted molar refractivity (Wildman–Crippen MR) is 138 cm³/mol. The normalized spacial score (nSPS) is 13.6. The minimum atomic E-state index is -4.58. The molecular weight excluding hydrogens is 542 g/mol. The van der Waals surface area contributed by atoms with Gasteiger partial charge in [-0.1, -0.05) is 12.1 Å². The molecule has 0 heterocycles. The number of hydrogen-bond acceptors (Lipinski definition) is 5. The maximum Gasteiger partial charge on any atom is 0.416 e. The summed E-state index contributed by atoms with van der Waals surface area (Å²) in [5.74, 6) is -6.67. The molecule has 2 amide bonds. The molecule has 14 heteroatoms. The van der Waals surface area contributed by atoms with Crippen LogP contribution in [0.5, 0.6) is 0 Å². The number of rotatable bonds is 14. The highest BCUT2D eigenvalue weighted by molar-refractivity contribution is 5.98. The largest absolute Gasteiger partial charge is 0.416 e. The summed E-state index contributed by atoms with van der Waals surface area (Å²) in [5.41, 5.74) is 16.0.